The summed E-state index contributed by atoms with van der Waals surface area (Å²) in [5, 5.41) is 0. The molecule has 0 aliphatic heterocycles. The number of methoxy groups -OCH3 is 1. The quantitative estimate of drug-likeness (QED) is 0.916. The first-order valence-corrected chi connectivity index (χ1v) is 6.77. The molecule has 0 unspecified atom stereocenters. The highest BCUT2D eigenvalue weighted by Crippen LogP contribution is 2.32. The zero-order chi connectivity index (χ0) is 13.7. The Kier molecular flexibility index (Phi) is 4.82. The van der Waals surface area contributed by atoms with Crippen molar-refractivity contribution in [2.75, 3.05) is 7.11 Å². The van der Waals surface area contributed by atoms with Crippen LogP contribution in [0.1, 0.15) is 11.1 Å². The molecule has 2 N–H and O–H groups in total. The summed E-state index contributed by atoms with van der Waals surface area (Å²) in [5.74, 6) is 1.42. The summed E-state index contributed by atoms with van der Waals surface area (Å²) in [6.45, 7) is 0.886. The topological polar surface area (TPSA) is 44.5 Å². The highest BCUT2D eigenvalue weighted by molar-refractivity contribution is 9.10. The van der Waals surface area contributed by atoms with E-state index >= 15 is 0 Å². The molecule has 0 bridgehead atoms. The summed E-state index contributed by atoms with van der Waals surface area (Å²) in [6.07, 6.45) is 0. The Bertz CT molecular complexity index is 535. The molecular weight excluding hydrogens is 306 g/mol. The molecule has 3 nitrogen and oxygen atoms in total. The minimum absolute atomic E-state index is 0.419. The first-order valence-electron chi connectivity index (χ1n) is 5.98. The standard InChI is InChI=1S/C15H16BrNO2/c1-18-14-8-4-6-11(9-17)15(14)19-10-12-5-2-3-7-13(12)16/h2-8H,9-10,17H2,1H3. The number of hydrogen-bond donors (Lipinski definition) is 1. The summed E-state index contributed by atoms with van der Waals surface area (Å²) in [4.78, 5) is 0. The molecule has 0 saturated carbocycles. The second-order valence-electron chi connectivity index (χ2n) is 4.03. The Morgan fingerprint density at radius 2 is 1.79 bits per heavy atom. The fourth-order valence-electron chi connectivity index (χ4n) is 1.81. The molecule has 0 radical (unpaired) electrons. The lowest BCUT2D eigenvalue weighted by Gasteiger charge is -2.14. The molecule has 0 spiro atoms. The van der Waals surface area contributed by atoms with Crippen molar-refractivity contribution in [1.82, 2.24) is 0 Å². The number of benzene rings is 2. The third kappa shape index (κ3) is 3.28. The van der Waals surface area contributed by atoms with E-state index in [1.807, 2.05) is 42.5 Å². The van der Waals surface area contributed by atoms with Crippen LogP contribution in [0.25, 0.3) is 0 Å². The van der Waals surface area contributed by atoms with Crippen molar-refractivity contribution >= 4 is 15.9 Å². The summed E-state index contributed by atoms with van der Waals surface area (Å²) in [5.41, 5.74) is 7.74. The maximum atomic E-state index is 5.88. The molecule has 0 heterocycles. The molecule has 0 atom stereocenters. The van der Waals surface area contributed by atoms with Crippen LogP contribution in [0.2, 0.25) is 0 Å². The summed E-state index contributed by atoms with van der Waals surface area (Å²) < 4.78 is 12.2. The zero-order valence-corrected chi connectivity index (χ0v) is 12.3. The number of nitrogens with two attached hydrogens (primary N) is 1. The van der Waals surface area contributed by atoms with Gasteiger partial charge >= 0.3 is 0 Å². The van der Waals surface area contributed by atoms with Gasteiger partial charge in [0.05, 0.1) is 7.11 Å². The Morgan fingerprint density at radius 1 is 1.05 bits per heavy atom. The van der Waals surface area contributed by atoms with E-state index < -0.39 is 0 Å². The second-order valence-corrected chi connectivity index (χ2v) is 4.89. The maximum absolute atomic E-state index is 5.88. The number of hydrogen-bond acceptors (Lipinski definition) is 3. The molecule has 19 heavy (non-hydrogen) atoms. The van der Waals surface area contributed by atoms with Gasteiger partial charge in [0.1, 0.15) is 6.61 Å². The van der Waals surface area contributed by atoms with E-state index in [2.05, 4.69) is 15.9 Å². The molecule has 0 saturated heterocycles. The average molecular weight is 322 g/mol. The summed E-state index contributed by atoms with van der Waals surface area (Å²) in [7, 11) is 1.63. The molecule has 2 aromatic rings. The molecule has 0 aliphatic carbocycles. The summed E-state index contributed by atoms with van der Waals surface area (Å²) >= 11 is 3.51. The van der Waals surface area contributed by atoms with E-state index in [-0.39, 0.29) is 0 Å². The van der Waals surface area contributed by atoms with Crippen molar-refractivity contribution in [3.8, 4) is 11.5 Å². The Morgan fingerprint density at radius 3 is 2.47 bits per heavy atom. The molecule has 100 valence electrons. The molecule has 0 aliphatic rings. The third-order valence-corrected chi connectivity index (χ3v) is 3.60. The molecule has 0 fully saturated rings. The number of ether oxygens (including phenoxy) is 2. The number of rotatable bonds is 5. The van der Waals surface area contributed by atoms with E-state index in [1.54, 1.807) is 7.11 Å². The van der Waals surface area contributed by atoms with Crippen molar-refractivity contribution in [2.45, 2.75) is 13.2 Å². The van der Waals surface area contributed by atoms with E-state index in [1.165, 1.54) is 0 Å². The first kappa shape index (κ1) is 13.9. The van der Waals surface area contributed by atoms with Crippen LogP contribution in [0.4, 0.5) is 0 Å². The minimum Gasteiger partial charge on any atom is -0.493 e. The van der Waals surface area contributed by atoms with Gasteiger partial charge in [-0.15, -0.1) is 0 Å². The molecule has 2 rings (SSSR count). The van der Waals surface area contributed by atoms with Crippen LogP contribution < -0.4 is 15.2 Å². The van der Waals surface area contributed by atoms with E-state index in [0.717, 1.165) is 15.6 Å². The lowest BCUT2D eigenvalue weighted by molar-refractivity contribution is 0.281. The van der Waals surface area contributed by atoms with Crippen LogP contribution in [0.15, 0.2) is 46.9 Å². The van der Waals surface area contributed by atoms with Crippen molar-refractivity contribution in [2.24, 2.45) is 5.73 Å². The second kappa shape index (κ2) is 6.59. The number of para-hydroxylation sites is 1. The van der Waals surface area contributed by atoms with Crippen LogP contribution >= 0.6 is 15.9 Å². The molecule has 0 amide bonds. The van der Waals surface area contributed by atoms with Gasteiger partial charge in [-0.25, -0.2) is 0 Å². The lowest BCUT2D eigenvalue weighted by Crippen LogP contribution is -2.04. The predicted octanol–water partition coefficient (Wildman–Crippen LogP) is 3.50. The van der Waals surface area contributed by atoms with Gasteiger partial charge in [-0.05, 0) is 12.1 Å². The molecule has 2 aromatic carbocycles. The van der Waals surface area contributed by atoms with Crippen LogP contribution in [0, 0.1) is 0 Å². The predicted molar refractivity (Wildman–Crippen MR) is 79.4 cm³/mol. The van der Waals surface area contributed by atoms with Gasteiger partial charge in [0.25, 0.3) is 0 Å². The third-order valence-electron chi connectivity index (χ3n) is 2.83. The Hall–Kier alpha value is -1.52. The fourth-order valence-corrected chi connectivity index (χ4v) is 2.21. The van der Waals surface area contributed by atoms with Crippen LogP contribution in [0.3, 0.4) is 0 Å². The highest BCUT2D eigenvalue weighted by atomic mass is 79.9. The van der Waals surface area contributed by atoms with Crippen molar-refractivity contribution < 1.29 is 9.47 Å². The monoisotopic (exact) mass is 321 g/mol. The van der Waals surface area contributed by atoms with Gasteiger partial charge in [-0.3, -0.25) is 0 Å². The average Bonchev–Trinajstić information content (AvgIpc) is 2.46. The van der Waals surface area contributed by atoms with Crippen molar-refractivity contribution in [1.29, 1.82) is 0 Å². The minimum atomic E-state index is 0.419. The van der Waals surface area contributed by atoms with Crippen molar-refractivity contribution in [3.05, 3.63) is 58.1 Å². The Labute approximate surface area is 121 Å². The van der Waals surface area contributed by atoms with Gasteiger partial charge in [-0.2, -0.15) is 0 Å². The lowest BCUT2D eigenvalue weighted by atomic mass is 10.2. The molecule has 0 aromatic heterocycles. The zero-order valence-electron chi connectivity index (χ0n) is 10.7. The van der Waals surface area contributed by atoms with Gasteiger partial charge < -0.3 is 15.2 Å². The van der Waals surface area contributed by atoms with Crippen LogP contribution in [0.5, 0.6) is 11.5 Å². The largest absolute Gasteiger partial charge is 0.493 e. The molecular formula is C15H16BrNO2. The van der Waals surface area contributed by atoms with E-state index in [0.29, 0.717) is 24.7 Å². The fraction of sp³-hybridized carbons (Fsp3) is 0.200. The normalized spacial score (nSPS) is 10.3. The SMILES string of the molecule is COc1cccc(CN)c1OCc1ccccc1Br. The van der Waals surface area contributed by atoms with Gasteiger partial charge in [0, 0.05) is 22.1 Å². The van der Waals surface area contributed by atoms with Crippen LogP contribution in [-0.4, -0.2) is 7.11 Å². The van der Waals surface area contributed by atoms with E-state index in [4.69, 9.17) is 15.2 Å². The smallest absolute Gasteiger partial charge is 0.166 e. The highest BCUT2D eigenvalue weighted by Gasteiger charge is 2.10. The Balaban J connectivity index is 2.21. The van der Waals surface area contributed by atoms with Crippen LogP contribution in [-0.2, 0) is 13.2 Å². The van der Waals surface area contributed by atoms with Crippen molar-refractivity contribution in [3.63, 3.8) is 0 Å². The van der Waals surface area contributed by atoms with Gasteiger partial charge in [0.15, 0.2) is 11.5 Å². The van der Waals surface area contributed by atoms with Gasteiger partial charge in [-0.1, -0.05) is 46.3 Å². The first-order chi connectivity index (χ1) is 9.26. The molecule has 4 heteroatoms. The van der Waals surface area contributed by atoms with E-state index in [9.17, 15) is 0 Å². The maximum Gasteiger partial charge on any atom is 0.166 e. The summed E-state index contributed by atoms with van der Waals surface area (Å²) in [6, 6.07) is 13.7. The number of halogens is 1. The van der Waals surface area contributed by atoms with Gasteiger partial charge in [0.2, 0.25) is 0 Å².